The fraction of sp³-hybridized carbons (Fsp3) is 0.417. The van der Waals surface area contributed by atoms with Crippen LogP contribution < -0.4 is 10.6 Å². The Balaban J connectivity index is 1.62. The molecule has 148 valence electrons. The van der Waals surface area contributed by atoms with Gasteiger partial charge in [0, 0.05) is 26.2 Å². The monoisotopic (exact) mass is 376 g/mol. The van der Waals surface area contributed by atoms with E-state index < -0.39 is 0 Å². The third kappa shape index (κ3) is 6.84. The summed E-state index contributed by atoms with van der Waals surface area (Å²) >= 11 is 0. The van der Waals surface area contributed by atoms with E-state index in [1.165, 1.54) is 12.8 Å². The van der Waals surface area contributed by atoms with Crippen LogP contribution in [0.3, 0.4) is 0 Å². The zero-order valence-electron chi connectivity index (χ0n) is 16.7. The van der Waals surface area contributed by atoms with Crippen molar-refractivity contribution in [1.82, 2.24) is 10.6 Å². The summed E-state index contributed by atoms with van der Waals surface area (Å²) in [4.78, 5) is 9.67. The second kappa shape index (κ2) is 12.0. The zero-order chi connectivity index (χ0) is 19.3. The van der Waals surface area contributed by atoms with Gasteiger partial charge in [0.05, 0.1) is 22.8 Å². The standard InChI is InChI=1S/C24H32N4/c1-5-13-21-22(14-6-1)26-18-10-4-12-20-28-24-16-8-2-7-15-23(24)27-19-11-3-9-17-25-21/h1-2,5-8,13-16,25,28H,3-4,9-12,17-20H2. The maximum absolute atomic E-state index is 4.84. The van der Waals surface area contributed by atoms with Gasteiger partial charge in [-0.25, -0.2) is 0 Å². The first-order valence-corrected chi connectivity index (χ1v) is 10.6. The maximum atomic E-state index is 4.84. The minimum Gasteiger partial charge on any atom is -0.383 e. The van der Waals surface area contributed by atoms with Gasteiger partial charge in [-0.2, -0.15) is 0 Å². The molecule has 0 saturated carbocycles. The zero-order valence-corrected chi connectivity index (χ0v) is 16.7. The fourth-order valence-electron chi connectivity index (χ4n) is 3.32. The van der Waals surface area contributed by atoms with E-state index in [4.69, 9.17) is 9.98 Å². The van der Waals surface area contributed by atoms with Crippen LogP contribution in [0, 0.1) is 0 Å². The number of rotatable bonds is 0. The van der Waals surface area contributed by atoms with E-state index in [2.05, 4.69) is 71.4 Å². The number of hydrogen-bond acceptors (Lipinski definition) is 4. The molecule has 28 heavy (non-hydrogen) atoms. The Kier molecular flexibility index (Phi) is 8.60. The van der Waals surface area contributed by atoms with Crippen molar-refractivity contribution in [3.05, 3.63) is 72.2 Å². The van der Waals surface area contributed by atoms with Crippen LogP contribution in [0.1, 0.15) is 38.5 Å². The van der Waals surface area contributed by atoms with Crippen molar-refractivity contribution in [3.8, 4) is 0 Å². The first kappa shape index (κ1) is 20.1. The lowest BCUT2D eigenvalue weighted by atomic mass is 10.2. The highest BCUT2D eigenvalue weighted by Crippen LogP contribution is 2.08. The number of nitrogens with zero attached hydrogens (tertiary/aromatic N) is 2. The second-order valence-electron chi connectivity index (χ2n) is 7.16. The molecule has 3 rings (SSSR count). The Bertz CT molecular complexity index is 681. The normalized spacial score (nSPS) is 21.7. The lowest BCUT2D eigenvalue weighted by Crippen LogP contribution is -2.21. The van der Waals surface area contributed by atoms with Crippen LogP contribution in [0.25, 0.3) is 0 Å². The van der Waals surface area contributed by atoms with Gasteiger partial charge in [0.25, 0.3) is 0 Å². The molecule has 1 heterocycles. The molecule has 0 aromatic carbocycles. The van der Waals surface area contributed by atoms with Gasteiger partial charge in [0.15, 0.2) is 0 Å². The molecular weight excluding hydrogens is 344 g/mol. The number of nitrogens with one attached hydrogen (secondary N) is 2. The van der Waals surface area contributed by atoms with Crippen molar-refractivity contribution in [3.63, 3.8) is 0 Å². The van der Waals surface area contributed by atoms with E-state index in [9.17, 15) is 0 Å². The van der Waals surface area contributed by atoms with Crippen molar-refractivity contribution in [2.24, 2.45) is 9.98 Å². The molecule has 0 amide bonds. The van der Waals surface area contributed by atoms with Crippen molar-refractivity contribution >= 4 is 11.4 Å². The van der Waals surface area contributed by atoms with Crippen LogP contribution in [0.4, 0.5) is 0 Å². The fourth-order valence-corrected chi connectivity index (χ4v) is 3.32. The molecule has 0 fully saturated rings. The summed E-state index contributed by atoms with van der Waals surface area (Å²) in [6.07, 6.45) is 27.7. The molecule has 1 aliphatic heterocycles. The molecule has 0 radical (unpaired) electrons. The number of aliphatic imine (C=N–C) groups is 2. The van der Waals surface area contributed by atoms with Crippen LogP contribution in [0.5, 0.6) is 0 Å². The van der Waals surface area contributed by atoms with E-state index in [1.807, 2.05) is 0 Å². The smallest absolute Gasteiger partial charge is 0.0805 e. The van der Waals surface area contributed by atoms with Gasteiger partial charge >= 0.3 is 0 Å². The summed E-state index contributed by atoms with van der Waals surface area (Å²) in [6, 6.07) is 0. The Morgan fingerprint density at radius 1 is 0.536 bits per heavy atom. The molecule has 0 unspecified atom stereocenters. The predicted molar refractivity (Wildman–Crippen MR) is 121 cm³/mol. The van der Waals surface area contributed by atoms with Crippen LogP contribution in [-0.4, -0.2) is 37.6 Å². The summed E-state index contributed by atoms with van der Waals surface area (Å²) in [6.45, 7) is 3.69. The van der Waals surface area contributed by atoms with E-state index in [0.717, 1.165) is 74.7 Å². The van der Waals surface area contributed by atoms with Crippen molar-refractivity contribution in [2.45, 2.75) is 38.5 Å². The Morgan fingerprint density at radius 3 is 1.54 bits per heavy atom. The third-order valence-corrected chi connectivity index (χ3v) is 4.90. The number of allylic oxidation sites excluding steroid dienone is 10. The molecular formula is C24H32N4. The minimum absolute atomic E-state index is 0.875. The third-order valence-electron chi connectivity index (χ3n) is 4.90. The van der Waals surface area contributed by atoms with Gasteiger partial charge < -0.3 is 10.6 Å². The summed E-state index contributed by atoms with van der Waals surface area (Å²) in [5.74, 6) is 0. The van der Waals surface area contributed by atoms with Crippen molar-refractivity contribution in [2.75, 3.05) is 26.2 Å². The first-order valence-electron chi connectivity index (χ1n) is 10.6. The SMILES string of the molecule is C1=CC=C2NCCCCCN=C3C=CC=CC=C3NCCCCCN=C2C=C1. The van der Waals surface area contributed by atoms with Crippen molar-refractivity contribution in [1.29, 1.82) is 0 Å². The lowest BCUT2D eigenvalue weighted by Gasteiger charge is -2.12. The molecule has 0 spiro atoms. The quantitative estimate of drug-likeness (QED) is 0.657. The summed E-state index contributed by atoms with van der Waals surface area (Å²) in [5, 5.41) is 7.15. The Hall–Kier alpha value is -2.62. The van der Waals surface area contributed by atoms with Gasteiger partial charge in [-0.15, -0.1) is 0 Å². The molecule has 4 nitrogen and oxygen atoms in total. The van der Waals surface area contributed by atoms with Crippen LogP contribution in [-0.2, 0) is 0 Å². The van der Waals surface area contributed by atoms with Gasteiger partial charge in [0.1, 0.15) is 0 Å². The molecule has 4 heteroatoms. The van der Waals surface area contributed by atoms with Crippen LogP contribution in [0.2, 0.25) is 0 Å². The van der Waals surface area contributed by atoms with E-state index in [0.29, 0.717) is 0 Å². The molecule has 0 saturated heterocycles. The van der Waals surface area contributed by atoms with Crippen LogP contribution >= 0.6 is 0 Å². The molecule has 0 aromatic heterocycles. The van der Waals surface area contributed by atoms with Gasteiger partial charge in [0.2, 0.25) is 0 Å². The van der Waals surface area contributed by atoms with Crippen LogP contribution in [0.15, 0.2) is 82.1 Å². The molecule has 3 aliphatic rings. The first-order chi connectivity index (χ1) is 13.9. The molecule has 0 bridgehead atoms. The summed E-state index contributed by atoms with van der Waals surface area (Å²) < 4.78 is 0. The highest BCUT2D eigenvalue weighted by atomic mass is 14.9. The molecule has 2 aliphatic carbocycles. The van der Waals surface area contributed by atoms with Gasteiger partial charge in [-0.3, -0.25) is 9.98 Å². The predicted octanol–water partition coefficient (Wildman–Crippen LogP) is 4.42. The van der Waals surface area contributed by atoms with E-state index in [1.54, 1.807) is 0 Å². The number of hydrogen-bond donors (Lipinski definition) is 2. The van der Waals surface area contributed by atoms with Gasteiger partial charge in [-0.1, -0.05) is 36.5 Å². The average molecular weight is 377 g/mol. The van der Waals surface area contributed by atoms with Crippen molar-refractivity contribution < 1.29 is 0 Å². The highest BCUT2D eigenvalue weighted by Gasteiger charge is 2.06. The van der Waals surface area contributed by atoms with Gasteiger partial charge in [-0.05, 0) is 62.8 Å². The molecule has 0 aromatic rings. The Labute approximate surface area is 169 Å². The second-order valence-corrected chi connectivity index (χ2v) is 7.16. The summed E-state index contributed by atoms with van der Waals surface area (Å²) in [7, 11) is 0. The lowest BCUT2D eigenvalue weighted by molar-refractivity contribution is 0.648. The minimum atomic E-state index is 0.875. The summed E-state index contributed by atoms with van der Waals surface area (Å²) in [5.41, 5.74) is 4.42. The Morgan fingerprint density at radius 2 is 1.04 bits per heavy atom. The largest absolute Gasteiger partial charge is 0.383 e. The maximum Gasteiger partial charge on any atom is 0.0805 e. The average Bonchev–Trinajstić information content (AvgIpc) is 3.06. The topological polar surface area (TPSA) is 48.8 Å². The van der Waals surface area contributed by atoms with E-state index >= 15 is 0 Å². The molecule has 2 N–H and O–H groups in total. The molecule has 0 atom stereocenters. The van der Waals surface area contributed by atoms with E-state index in [-0.39, 0.29) is 0 Å². The highest BCUT2D eigenvalue weighted by molar-refractivity contribution is 6.09. The number of fused-ring (bicyclic) bond motifs is 2.